The van der Waals surface area contributed by atoms with Gasteiger partial charge in [0.2, 0.25) is 11.8 Å². The largest absolute Gasteiger partial charge is 0.491 e. The van der Waals surface area contributed by atoms with E-state index < -0.39 is 5.92 Å². The number of hydrogen-bond acceptors (Lipinski definition) is 6. The summed E-state index contributed by atoms with van der Waals surface area (Å²) in [6.45, 7) is 11.1. The second-order valence-electron chi connectivity index (χ2n) is 11.8. The van der Waals surface area contributed by atoms with Crippen LogP contribution < -0.4 is 9.64 Å². The Bertz CT molecular complexity index is 1210. The van der Waals surface area contributed by atoms with Gasteiger partial charge in [-0.15, -0.1) is 0 Å². The lowest BCUT2D eigenvalue weighted by molar-refractivity contribution is -0.197. The molecule has 0 aliphatic carbocycles. The van der Waals surface area contributed by atoms with Crippen LogP contribution in [0.3, 0.4) is 0 Å². The van der Waals surface area contributed by atoms with E-state index in [1.807, 2.05) is 56.3 Å². The van der Waals surface area contributed by atoms with E-state index in [0.29, 0.717) is 11.5 Å². The summed E-state index contributed by atoms with van der Waals surface area (Å²) in [5.41, 5.74) is 1.85. The third-order valence-electron chi connectivity index (χ3n) is 8.22. The molecule has 36 heavy (non-hydrogen) atoms. The Hall–Kier alpha value is -3.03. The molecule has 5 aliphatic heterocycles. The highest BCUT2D eigenvalue weighted by molar-refractivity contribution is 6.22. The molecular formula is C29H33N3O4. The number of anilines is 1. The maximum atomic E-state index is 13.4. The van der Waals surface area contributed by atoms with Crippen LogP contribution in [-0.4, -0.2) is 59.7 Å². The summed E-state index contributed by atoms with van der Waals surface area (Å²) in [6.07, 6.45) is 0.284. The van der Waals surface area contributed by atoms with Gasteiger partial charge in [-0.2, -0.15) is 0 Å². The number of piperidine rings is 2. The predicted octanol–water partition coefficient (Wildman–Crippen LogP) is 3.75. The molecule has 1 unspecified atom stereocenters. The van der Waals surface area contributed by atoms with Crippen LogP contribution in [0.25, 0.3) is 0 Å². The molecule has 0 N–H and O–H groups in total. The van der Waals surface area contributed by atoms with E-state index in [4.69, 9.17) is 4.74 Å². The zero-order valence-corrected chi connectivity index (χ0v) is 21.4. The molecule has 2 amide bonds. The molecule has 5 heterocycles. The van der Waals surface area contributed by atoms with Gasteiger partial charge in [0.05, 0.1) is 34.7 Å². The SMILES string of the molecule is CC(C)Oc1ccc(C2CC(=O)N(c3cccc(C4N5CC6(C)CN4CC(C)(C5)C6=O)c3)C2=O)cc1. The number of nitrogens with zero attached hydrogens (tertiary/aromatic N) is 3. The molecule has 7 heteroatoms. The molecule has 7 rings (SSSR count). The van der Waals surface area contributed by atoms with E-state index in [0.717, 1.165) is 43.1 Å². The number of carbonyl (C=O) groups is 3. The van der Waals surface area contributed by atoms with Gasteiger partial charge in [0.15, 0.2) is 0 Å². The van der Waals surface area contributed by atoms with Crippen LogP contribution in [0.5, 0.6) is 5.75 Å². The second kappa shape index (κ2) is 7.98. The van der Waals surface area contributed by atoms with E-state index in [1.54, 1.807) is 0 Å². The first-order valence-corrected chi connectivity index (χ1v) is 12.8. The standard InChI is InChI=1S/C29H33N3O4/c1-18(2)36-22-10-8-19(9-11-22)23-13-24(33)32(26(23)34)21-7-5-6-20(12-21)25-30-14-28(3)15-31(25)17-29(4,16-30)27(28)35/h5-12,18,23,25H,13-17H2,1-4H3. The quantitative estimate of drug-likeness (QED) is 0.599. The normalized spacial score (nSPS) is 35.2. The van der Waals surface area contributed by atoms with Crippen molar-refractivity contribution in [3.63, 3.8) is 0 Å². The van der Waals surface area contributed by atoms with Crippen molar-refractivity contribution < 1.29 is 19.1 Å². The van der Waals surface area contributed by atoms with Gasteiger partial charge in [-0.1, -0.05) is 38.1 Å². The Labute approximate surface area is 212 Å². The molecule has 5 saturated heterocycles. The zero-order valence-electron chi connectivity index (χ0n) is 21.4. The molecule has 2 aromatic rings. The first-order chi connectivity index (χ1) is 17.1. The molecular weight excluding hydrogens is 454 g/mol. The average molecular weight is 488 g/mol. The zero-order chi connectivity index (χ0) is 25.4. The molecule has 5 fully saturated rings. The van der Waals surface area contributed by atoms with E-state index in [2.05, 4.69) is 29.7 Å². The minimum atomic E-state index is -0.492. The van der Waals surface area contributed by atoms with Crippen LogP contribution in [0.4, 0.5) is 5.69 Å². The summed E-state index contributed by atoms with van der Waals surface area (Å²) >= 11 is 0. The van der Waals surface area contributed by atoms with Gasteiger partial charge in [0.1, 0.15) is 11.5 Å². The van der Waals surface area contributed by atoms with Crippen molar-refractivity contribution in [2.24, 2.45) is 10.8 Å². The number of imide groups is 1. The molecule has 1 atom stereocenters. The van der Waals surface area contributed by atoms with Crippen LogP contribution in [0, 0.1) is 10.8 Å². The predicted molar refractivity (Wildman–Crippen MR) is 136 cm³/mol. The Balaban J connectivity index is 1.25. The van der Waals surface area contributed by atoms with Gasteiger partial charge in [-0.05, 0) is 49.2 Å². The lowest BCUT2D eigenvalue weighted by Crippen LogP contribution is -2.75. The number of ketones is 1. The maximum absolute atomic E-state index is 13.4. The third-order valence-corrected chi connectivity index (χ3v) is 8.22. The third kappa shape index (κ3) is 3.51. The Kier molecular flexibility index (Phi) is 5.18. The first kappa shape index (κ1) is 23.4. The summed E-state index contributed by atoms with van der Waals surface area (Å²) in [6, 6.07) is 15.3. The van der Waals surface area contributed by atoms with Gasteiger partial charge in [0, 0.05) is 32.6 Å². The van der Waals surface area contributed by atoms with Gasteiger partial charge >= 0.3 is 0 Å². The fourth-order valence-corrected chi connectivity index (χ4v) is 7.06. The topological polar surface area (TPSA) is 70.2 Å². The van der Waals surface area contributed by atoms with Crippen molar-refractivity contribution in [3.8, 4) is 5.75 Å². The highest BCUT2D eigenvalue weighted by Crippen LogP contribution is 2.52. The number of hydrogen-bond donors (Lipinski definition) is 0. The summed E-state index contributed by atoms with van der Waals surface area (Å²) in [7, 11) is 0. The Morgan fingerprint density at radius 3 is 2.06 bits per heavy atom. The number of ether oxygens (including phenoxy) is 1. The van der Waals surface area contributed by atoms with Crippen molar-refractivity contribution in [2.45, 2.75) is 52.3 Å². The summed E-state index contributed by atoms with van der Waals surface area (Å²) in [4.78, 5) is 45.7. The molecule has 0 spiro atoms. The second-order valence-corrected chi connectivity index (χ2v) is 11.8. The molecule has 0 aromatic heterocycles. The molecule has 2 aromatic carbocycles. The van der Waals surface area contributed by atoms with Crippen LogP contribution >= 0.6 is 0 Å². The Morgan fingerprint density at radius 2 is 1.47 bits per heavy atom. The van der Waals surface area contributed by atoms with Crippen LogP contribution in [0.1, 0.15) is 57.3 Å². The lowest BCUT2D eigenvalue weighted by atomic mass is 9.62. The summed E-state index contributed by atoms with van der Waals surface area (Å²) in [5, 5.41) is 0. The van der Waals surface area contributed by atoms with Crippen molar-refractivity contribution in [2.75, 3.05) is 31.1 Å². The van der Waals surface area contributed by atoms with E-state index in [1.165, 1.54) is 4.90 Å². The average Bonchev–Trinajstić information content (AvgIpc) is 3.10. The number of rotatable bonds is 5. The smallest absolute Gasteiger partial charge is 0.241 e. The number of Topliss-reactive ketones (excluding diaryl/α,β-unsaturated/α-hetero) is 1. The molecule has 4 bridgehead atoms. The van der Waals surface area contributed by atoms with Crippen LogP contribution in [-0.2, 0) is 14.4 Å². The molecule has 188 valence electrons. The number of benzene rings is 2. The van der Waals surface area contributed by atoms with Crippen LogP contribution in [0.2, 0.25) is 0 Å². The van der Waals surface area contributed by atoms with Gasteiger partial charge in [0.25, 0.3) is 0 Å². The van der Waals surface area contributed by atoms with Crippen molar-refractivity contribution in [1.82, 2.24) is 9.80 Å². The summed E-state index contributed by atoms with van der Waals surface area (Å²) in [5.74, 6) is 0.277. The molecule has 7 nitrogen and oxygen atoms in total. The fraction of sp³-hybridized carbons (Fsp3) is 0.483. The maximum Gasteiger partial charge on any atom is 0.241 e. The fourth-order valence-electron chi connectivity index (χ4n) is 7.06. The van der Waals surface area contributed by atoms with E-state index in [9.17, 15) is 14.4 Å². The molecule has 0 saturated carbocycles. The van der Waals surface area contributed by atoms with E-state index >= 15 is 0 Å². The lowest BCUT2D eigenvalue weighted by Gasteiger charge is -2.64. The number of amides is 2. The minimum Gasteiger partial charge on any atom is -0.491 e. The number of carbonyl (C=O) groups excluding carboxylic acids is 3. The van der Waals surface area contributed by atoms with Gasteiger partial charge in [-0.3, -0.25) is 24.2 Å². The van der Waals surface area contributed by atoms with Crippen LogP contribution in [0.15, 0.2) is 48.5 Å². The van der Waals surface area contributed by atoms with Crippen molar-refractivity contribution in [1.29, 1.82) is 0 Å². The Morgan fingerprint density at radius 1 is 0.861 bits per heavy atom. The van der Waals surface area contributed by atoms with E-state index in [-0.39, 0.29) is 41.3 Å². The summed E-state index contributed by atoms with van der Waals surface area (Å²) < 4.78 is 5.71. The van der Waals surface area contributed by atoms with Gasteiger partial charge < -0.3 is 4.74 Å². The van der Waals surface area contributed by atoms with Gasteiger partial charge in [-0.25, -0.2) is 4.90 Å². The monoisotopic (exact) mass is 487 g/mol. The molecule has 5 aliphatic rings. The van der Waals surface area contributed by atoms with Crippen molar-refractivity contribution in [3.05, 3.63) is 59.7 Å². The highest BCUT2D eigenvalue weighted by Gasteiger charge is 2.62. The minimum absolute atomic E-state index is 0.0521. The van der Waals surface area contributed by atoms with Crippen molar-refractivity contribution >= 4 is 23.3 Å². The first-order valence-electron chi connectivity index (χ1n) is 12.8. The molecule has 0 radical (unpaired) electrons. The highest BCUT2D eigenvalue weighted by atomic mass is 16.5.